The Bertz CT molecular complexity index is 661. The number of aromatic nitrogens is 1. The Kier molecular flexibility index (Phi) is 3.02. The summed E-state index contributed by atoms with van der Waals surface area (Å²) < 4.78 is 18.4. The third kappa shape index (κ3) is 1.98. The van der Waals surface area contributed by atoms with Gasteiger partial charge in [-0.2, -0.15) is 0 Å². The highest BCUT2D eigenvalue weighted by Crippen LogP contribution is 2.18. The van der Waals surface area contributed by atoms with Gasteiger partial charge in [0.1, 0.15) is 10.6 Å². The van der Waals surface area contributed by atoms with Gasteiger partial charge >= 0.3 is 0 Å². The molecular formula is C12H13NO3S. The van der Waals surface area contributed by atoms with Gasteiger partial charge in [-0.15, -0.1) is 0 Å². The first kappa shape index (κ1) is 11.9. The minimum absolute atomic E-state index is 0.179. The standard InChI is InChI=1S/C12H13NO3S/c1-13-7-11(17(3)15)12(14)9-5-4-8(16-2)6-10(9)13/h4-7H,1-3H3. The number of methoxy groups -OCH3 is 1. The summed E-state index contributed by atoms with van der Waals surface area (Å²) in [5.41, 5.74) is 0.588. The topological polar surface area (TPSA) is 48.3 Å². The largest absolute Gasteiger partial charge is 0.497 e. The van der Waals surface area contributed by atoms with Crippen molar-refractivity contribution in [1.29, 1.82) is 0 Å². The number of pyridine rings is 1. The summed E-state index contributed by atoms with van der Waals surface area (Å²) in [7, 11) is 2.12. The van der Waals surface area contributed by atoms with Crippen molar-refractivity contribution >= 4 is 21.7 Å². The highest BCUT2D eigenvalue weighted by molar-refractivity contribution is 7.84. The van der Waals surface area contributed by atoms with Crippen LogP contribution in [0.1, 0.15) is 0 Å². The molecule has 90 valence electrons. The normalized spacial score (nSPS) is 12.6. The Labute approximate surface area is 101 Å². The first-order valence-corrected chi connectivity index (χ1v) is 6.61. The quantitative estimate of drug-likeness (QED) is 0.808. The number of hydrogen-bond acceptors (Lipinski definition) is 3. The van der Waals surface area contributed by atoms with Crippen LogP contribution in [0.5, 0.6) is 5.75 Å². The van der Waals surface area contributed by atoms with Crippen molar-refractivity contribution < 1.29 is 8.95 Å². The van der Waals surface area contributed by atoms with Gasteiger partial charge in [-0.1, -0.05) is 0 Å². The van der Waals surface area contributed by atoms with Crippen molar-refractivity contribution in [2.75, 3.05) is 13.4 Å². The van der Waals surface area contributed by atoms with Gasteiger partial charge in [0.25, 0.3) is 0 Å². The van der Waals surface area contributed by atoms with Crippen molar-refractivity contribution in [2.24, 2.45) is 7.05 Å². The number of fused-ring (bicyclic) bond motifs is 1. The predicted molar refractivity (Wildman–Crippen MR) is 68.1 cm³/mol. The number of rotatable bonds is 2. The lowest BCUT2D eigenvalue weighted by Gasteiger charge is -2.09. The predicted octanol–water partition coefficient (Wildman–Crippen LogP) is 1.28. The number of nitrogens with zero attached hydrogens (tertiary/aromatic N) is 1. The van der Waals surface area contributed by atoms with Crippen LogP contribution < -0.4 is 10.2 Å². The van der Waals surface area contributed by atoms with Crippen LogP contribution in [-0.2, 0) is 17.8 Å². The fourth-order valence-corrected chi connectivity index (χ4v) is 2.44. The van der Waals surface area contributed by atoms with E-state index in [9.17, 15) is 9.00 Å². The molecule has 1 heterocycles. The minimum atomic E-state index is -1.28. The molecule has 0 aliphatic heterocycles. The highest BCUT2D eigenvalue weighted by atomic mass is 32.2. The third-order valence-electron chi connectivity index (χ3n) is 2.67. The summed E-state index contributed by atoms with van der Waals surface area (Å²) in [5.74, 6) is 0.692. The number of ether oxygens (including phenoxy) is 1. The molecule has 0 aliphatic carbocycles. The second-order valence-electron chi connectivity index (χ2n) is 3.77. The first-order valence-electron chi connectivity index (χ1n) is 5.05. The Morgan fingerprint density at radius 1 is 1.35 bits per heavy atom. The summed E-state index contributed by atoms with van der Waals surface area (Å²) >= 11 is 0. The lowest BCUT2D eigenvalue weighted by Crippen LogP contribution is -2.14. The van der Waals surface area contributed by atoms with Gasteiger partial charge in [-0.25, -0.2) is 0 Å². The molecule has 0 radical (unpaired) electrons. The van der Waals surface area contributed by atoms with E-state index >= 15 is 0 Å². The average Bonchev–Trinajstić information content (AvgIpc) is 2.32. The molecule has 17 heavy (non-hydrogen) atoms. The maximum absolute atomic E-state index is 12.1. The van der Waals surface area contributed by atoms with E-state index in [1.165, 1.54) is 6.26 Å². The van der Waals surface area contributed by atoms with Crippen LogP contribution in [0.3, 0.4) is 0 Å². The zero-order chi connectivity index (χ0) is 12.6. The zero-order valence-corrected chi connectivity index (χ0v) is 10.7. The molecule has 0 N–H and O–H groups in total. The van der Waals surface area contributed by atoms with E-state index < -0.39 is 10.8 Å². The molecule has 0 spiro atoms. The molecule has 5 heteroatoms. The highest BCUT2D eigenvalue weighted by Gasteiger charge is 2.10. The van der Waals surface area contributed by atoms with Crippen LogP contribution in [0.2, 0.25) is 0 Å². The number of benzene rings is 1. The molecular weight excluding hydrogens is 238 g/mol. The lowest BCUT2D eigenvalue weighted by atomic mass is 10.2. The van der Waals surface area contributed by atoms with Gasteiger partial charge in [0, 0.05) is 31.0 Å². The molecule has 0 bridgehead atoms. The maximum atomic E-state index is 12.1. The summed E-state index contributed by atoms with van der Waals surface area (Å²) in [6, 6.07) is 5.22. The van der Waals surface area contributed by atoms with Crippen LogP contribution >= 0.6 is 0 Å². The molecule has 2 aromatic rings. The molecule has 0 saturated heterocycles. The van der Waals surface area contributed by atoms with E-state index in [4.69, 9.17) is 4.74 Å². The fourth-order valence-electron chi connectivity index (χ4n) is 1.76. The van der Waals surface area contributed by atoms with Crippen LogP contribution in [-0.4, -0.2) is 22.1 Å². The van der Waals surface area contributed by atoms with E-state index in [-0.39, 0.29) is 5.43 Å². The minimum Gasteiger partial charge on any atom is -0.497 e. The van der Waals surface area contributed by atoms with Crippen LogP contribution in [0.4, 0.5) is 0 Å². The van der Waals surface area contributed by atoms with Crippen LogP contribution in [0, 0.1) is 0 Å². The molecule has 1 atom stereocenters. The fraction of sp³-hybridized carbons (Fsp3) is 0.250. The van der Waals surface area contributed by atoms with Gasteiger partial charge in [0.2, 0.25) is 5.43 Å². The summed E-state index contributed by atoms with van der Waals surface area (Å²) in [6.07, 6.45) is 3.12. The van der Waals surface area contributed by atoms with Crippen LogP contribution in [0.15, 0.2) is 34.1 Å². The zero-order valence-electron chi connectivity index (χ0n) is 9.89. The lowest BCUT2D eigenvalue weighted by molar-refractivity contribution is 0.415. The summed E-state index contributed by atoms with van der Waals surface area (Å²) in [5, 5.41) is 0.556. The van der Waals surface area contributed by atoms with E-state index in [2.05, 4.69) is 0 Å². The van der Waals surface area contributed by atoms with Gasteiger partial charge in [0.05, 0.1) is 23.4 Å². The van der Waals surface area contributed by atoms with Crippen molar-refractivity contribution in [3.8, 4) is 5.75 Å². The van der Waals surface area contributed by atoms with Crippen molar-refractivity contribution in [3.05, 3.63) is 34.6 Å². The maximum Gasteiger partial charge on any atom is 0.205 e. The number of hydrogen-bond donors (Lipinski definition) is 0. The van der Waals surface area contributed by atoms with Crippen LogP contribution in [0.25, 0.3) is 10.9 Å². The Morgan fingerprint density at radius 3 is 2.65 bits per heavy atom. The van der Waals surface area contributed by atoms with Gasteiger partial charge in [-0.3, -0.25) is 9.00 Å². The summed E-state index contributed by atoms with van der Waals surface area (Å²) in [4.78, 5) is 12.4. The molecule has 0 amide bonds. The molecule has 0 fully saturated rings. The molecule has 0 aliphatic rings. The molecule has 4 nitrogen and oxygen atoms in total. The molecule has 1 aromatic carbocycles. The smallest absolute Gasteiger partial charge is 0.205 e. The second-order valence-corrected chi connectivity index (χ2v) is 5.12. The van der Waals surface area contributed by atoms with E-state index in [1.807, 2.05) is 7.05 Å². The molecule has 2 rings (SSSR count). The van der Waals surface area contributed by atoms with Gasteiger partial charge < -0.3 is 9.30 Å². The number of aryl methyl sites for hydroxylation is 1. The van der Waals surface area contributed by atoms with Gasteiger partial charge in [0.15, 0.2) is 0 Å². The van der Waals surface area contributed by atoms with E-state index in [0.717, 1.165) is 5.52 Å². The Hall–Kier alpha value is -1.62. The second kappa shape index (κ2) is 4.33. The van der Waals surface area contributed by atoms with Crippen molar-refractivity contribution in [1.82, 2.24) is 4.57 Å². The van der Waals surface area contributed by atoms with Crippen molar-refractivity contribution in [2.45, 2.75) is 4.90 Å². The molecule has 1 aromatic heterocycles. The van der Waals surface area contributed by atoms with E-state index in [0.29, 0.717) is 16.0 Å². The Morgan fingerprint density at radius 2 is 2.06 bits per heavy atom. The van der Waals surface area contributed by atoms with Gasteiger partial charge in [-0.05, 0) is 12.1 Å². The Balaban J connectivity index is 2.87. The molecule has 0 saturated carbocycles. The first-order chi connectivity index (χ1) is 8.04. The van der Waals surface area contributed by atoms with E-state index in [1.54, 1.807) is 36.1 Å². The monoisotopic (exact) mass is 251 g/mol. The average molecular weight is 251 g/mol. The van der Waals surface area contributed by atoms with Crippen molar-refractivity contribution in [3.63, 3.8) is 0 Å². The summed E-state index contributed by atoms with van der Waals surface area (Å²) in [6.45, 7) is 0. The molecule has 1 unspecified atom stereocenters. The third-order valence-corrected chi connectivity index (χ3v) is 3.58. The SMILES string of the molecule is COc1ccc2c(=O)c(S(C)=O)cn(C)c2c1.